The van der Waals surface area contributed by atoms with Gasteiger partial charge in [-0.25, -0.2) is 0 Å². The summed E-state index contributed by atoms with van der Waals surface area (Å²) < 4.78 is 81.6. The zero-order chi connectivity index (χ0) is 15.4. The van der Waals surface area contributed by atoms with E-state index in [1.165, 1.54) is 6.07 Å². The van der Waals surface area contributed by atoms with E-state index >= 15 is 0 Å². The first kappa shape index (κ1) is 16.8. The molecule has 1 aromatic rings. The molecule has 0 aliphatic carbocycles. The molecule has 1 heterocycles. The van der Waals surface area contributed by atoms with Gasteiger partial charge in [0.25, 0.3) is 0 Å². The van der Waals surface area contributed by atoms with E-state index in [-0.39, 0.29) is 5.76 Å². The van der Waals surface area contributed by atoms with Gasteiger partial charge in [0.15, 0.2) is 5.76 Å². The minimum atomic E-state index is -5.54. The second kappa shape index (κ2) is 6.44. The third-order valence-corrected chi connectivity index (χ3v) is 2.15. The van der Waals surface area contributed by atoms with E-state index in [4.69, 9.17) is 0 Å². The van der Waals surface area contributed by atoms with E-state index in [1.807, 2.05) is 6.92 Å². The largest absolute Gasteiger partial charge is 0.423 e. The van der Waals surface area contributed by atoms with Crippen LogP contribution < -0.4 is 5.32 Å². The fourth-order valence-corrected chi connectivity index (χ4v) is 1.30. The highest BCUT2D eigenvalue weighted by Gasteiger charge is 2.58. The fraction of sp³-hybridized carbons (Fsp3) is 0.700. The maximum Gasteiger partial charge on any atom is 0.423 e. The number of rotatable bonds is 6. The molecule has 0 aliphatic rings. The Labute approximate surface area is 110 Å². The van der Waals surface area contributed by atoms with E-state index < -0.39 is 25.1 Å². The monoisotopic (exact) mass is 306 g/mol. The molecule has 1 N–H and O–H groups in total. The van der Waals surface area contributed by atoms with Crippen molar-refractivity contribution in [2.75, 3.05) is 6.54 Å². The summed E-state index contributed by atoms with van der Waals surface area (Å²) in [6.45, 7) is 1.77. The maximum absolute atomic E-state index is 12.2. The molecule has 20 heavy (non-hydrogen) atoms. The average Bonchev–Trinajstić information content (AvgIpc) is 2.70. The lowest BCUT2D eigenvalue weighted by molar-refractivity contribution is -0.325. The molecule has 0 fully saturated rings. The summed E-state index contributed by atoms with van der Waals surface area (Å²) in [5.41, 5.74) is 0.362. The third-order valence-electron chi connectivity index (χ3n) is 2.15. The second-order valence-electron chi connectivity index (χ2n) is 3.84. The maximum atomic E-state index is 12.2. The van der Waals surface area contributed by atoms with E-state index in [9.17, 15) is 26.3 Å². The molecule has 0 saturated heterocycles. The Bertz CT molecular complexity index is 401. The van der Waals surface area contributed by atoms with Crippen molar-refractivity contribution < 1.29 is 35.6 Å². The molecule has 116 valence electrons. The highest BCUT2D eigenvalue weighted by molar-refractivity contribution is 5.04. The molecule has 0 saturated carbocycles. The van der Waals surface area contributed by atoms with Gasteiger partial charge in [0, 0.05) is 12.6 Å². The van der Waals surface area contributed by atoms with Gasteiger partial charge in [-0.15, -0.1) is 0 Å². The Balaban J connectivity index is 2.62. The van der Waals surface area contributed by atoms with Crippen molar-refractivity contribution in [3.63, 3.8) is 0 Å². The molecular formula is C10H12F6N2O2. The minimum Gasteiger partial charge on any atom is -0.359 e. The number of alkyl halides is 6. The number of nitrogens with zero attached hydrogens (tertiary/aromatic N) is 1. The van der Waals surface area contributed by atoms with Gasteiger partial charge in [-0.2, -0.15) is 26.3 Å². The van der Waals surface area contributed by atoms with Gasteiger partial charge in [0.2, 0.25) is 6.10 Å². The summed E-state index contributed by atoms with van der Waals surface area (Å²) >= 11 is 0. The standard InChI is InChI=1S/C10H12F6N2O2/c1-2-17-4-6-3-7(20-18-6)5-19-8(9(11,12)13)10(14,15)16/h3,8,17H,2,4-5H2,1H3. The Morgan fingerprint density at radius 1 is 1.25 bits per heavy atom. The van der Waals surface area contributed by atoms with Crippen molar-refractivity contribution >= 4 is 0 Å². The number of nitrogens with one attached hydrogen (secondary N) is 1. The van der Waals surface area contributed by atoms with Gasteiger partial charge >= 0.3 is 12.4 Å². The summed E-state index contributed by atoms with van der Waals surface area (Å²) in [5.74, 6) is -0.212. The Kier molecular flexibility index (Phi) is 5.40. The SMILES string of the molecule is CCNCc1cc(COC(C(F)(F)F)C(F)(F)F)on1. The number of hydrogen-bond donors (Lipinski definition) is 1. The molecule has 0 aliphatic heterocycles. The van der Waals surface area contributed by atoms with Crippen molar-refractivity contribution in [2.45, 2.75) is 38.5 Å². The van der Waals surface area contributed by atoms with Gasteiger partial charge in [-0.1, -0.05) is 12.1 Å². The molecule has 0 bridgehead atoms. The second-order valence-corrected chi connectivity index (χ2v) is 3.84. The van der Waals surface area contributed by atoms with Crippen LogP contribution in [-0.2, 0) is 17.9 Å². The van der Waals surface area contributed by atoms with Gasteiger partial charge < -0.3 is 14.6 Å². The molecule has 0 spiro atoms. The van der Waals surface area contributed by atoms with Crippen LogP contribution in [0, 0.1) is 0 Å². The Morgan fingerprint density at radius 2 is 1.85 bits per heavy atom. The van der Waals surface area contributed by atoms with Crippen molar-refractivity contribution in [2.24, 2.45) is 0 Å². The third kappa shape index (κ3) is 5.00. The first-order valence-corrected chi connectivity index (χ1v) is 5.54. The summed E-state index contributed by atoms with van der Waals surface area (Å²) in [5, 5.41) is 6.34. The van der Waals surface area contributed by atoms with Crippen molar-refractivity contribution in [1.29, 1.82) is 0 Å². The lowest BCUT2D eigenvalue weighted by Gasteiger charge is -2.22. The predicted molar refractivity (Wildman–Crippen MR) is 54.6 cm³/mol. The van der Waals surface area contributed by atoms with Crippen LogP contribution in [-0.4, -0.2) is 30.2 Å². The van der Waals surface area contributed by atoms with Gasteiger partial charge in [-0.05, 0) is 6.54 Å². The van der Waals surface area contributed by atoms with E-state index in [1.54, 1.807) is 0 Å². The summed E-state index contributed by atoms with van der Waals surface area (Å²) in [4.78, 5) is 0. The van der Waals surface area contributed by atoms with Crippen molar-refractivity contribution in [3.05, 3.63) is 17.5 Å². The van der Waals surface area contributed by atoms with E-state index in [2.05, 4.69) is 19.7 Å². The van der Waals surface area contributed by atoms with Gasteiger partial charge in [0.1, 0.15) is 6.61 Å². The molecular weight excluding hydrogens is 294 g/mol. The van der Waals surface area contributed by atoms with Crippen LogP contribution in [0.25, 0.3) is 0 Å². The number of ether oxygens (including phenoxy) is 1. The van der Waals surface area contributed by atoms with Crippen LogP contribution in [0.4, 0.5) is 26.3 Å². The zero-order valence-corrected chi connectivity index (χ0v) is 10.3. The molecule has 0 unspecified atom stereocenters. The molecule has 0 amide bonds. The first-order chi connectivity index (χ1) is 9.14. The normalized spacial score (nSPS) is 13.2. The van der Waals surface area contributed by atoms with Crippen LogP contribution in [0.5, 0.6) is 0 Å². The van der Waals surface area contributed by atoms with Gasteiger partial charge in [0.05, 0.1) is 5.69 Å². The average molecular weight is 306 g/mol. The predicted octanol–water partition coefficient (Wildman–Crippen LogP) is 2.79. The molecule has 0 radical (unpaired) electrons. The topological polar surface area (TPSA) is 47.3 Å². The van der Waals surface area contributed by atoms with Crippen LogP contribution in [0.1, 0.15) is 18.4 Å². The highest BCUT2D eigenvalue weighted by atomic mass is 19.4. The minimum absolute atomic E-state index is 0.212. The van der Waals surface area contributed by atoms with Crippen molar-refractivity contribution in [1.82, 2.24) is 10.5 Å². The Hall–Kier alpha value is -1.29. The number of halogens is 6. The molecule has 4 nitrogen and oxygen atoms in total. The summed E-state index contributed by atoms with van der Waals surface area (Å²) in [7, 11) is 0. The molecule has 1 rings (SSSR count). The van der Waals surface area contributed by atoms with Crippen LogP contribution >= 0.6 is 0 Å². The van der Waals surface area contributed by atoms with Crippen LogP contribution in [0.3, 0.4) is 0 Å². The first-order valence-electron chi connectivity index (χ1n) is 5.54. The number of aromatic nitrogens is 1. The lowest BCUT2D eigenvalue weighted by atomic mass is 10.3. The molecule has 0 atom stereocenters. The molecule has 10 heteroatoms. The van der Waals surface area contributed by atoms with Crippen LogP contribution in [0.15, 0.2) is 10.6 Å². The fourth-order valence-electron chi connectivity index (χ4n) is 1.30. The lowest BCUT2D eigenvalue weighted by Crippen LogP contribution is -2.44. The quantitative estimate of drug-likeness (QED) is 0.821. The van der Waals surface area contributed by atoms with Crippen LogP contribution in [0.2, 0.25) is 0 Å². The summed E-state index contributed by atoms with van der Waals surface area (Å²) in [6, 6.07) is 1.23. The van der Waals surface area contributed by atoms with Gasteiger partial charge in [-0.3, -0.25) is 0 Å². The van der Waals surface area contributed by atoms with Crippen molar-refractivity contribution in [3.8, 4) is 0 Å². The Morgan fingerprint density at radius 3 is 2.35 bits per heavy atom. The number of hydrogen-bond acceptors (Lipinski definition) is 4. The van der Waals surface area contributed by atoms with E-state index in [0.29, 0.717) is 18.8 Å². The smallest absolute Gasteiger partial charge is 0.359 e. The zero-order valence-electron chi connectivity index (χ0n) is 10.3. The van der Waals surface area contributed by atoms with E-state index in [0.717, 1.165) is 0 Å². The molecule has 1 aromatic heterocycles. The summed E-state index contributed by atoms with van der Waals surface area (Å²) in [6.07, 6.45) is -14.9. The molecule has 0 aromatic carbocycles. The highest BCUT2D eigenvalue weighted by Crippen LogP contribution is 2.36.